The maximum atomic E-state index is 11.8. The Morgan fingerprint density at radius 1 is 0.960 bits per heavy atom. The molecule has 2 rings (SSSR count). The summed E-state index contributed by atoms with van der Waals surface area (Å²) in [7, 11) is 3.11. The molecule has 0 heterocycles. The first kappa shape index (κ1) is 18.4. The second-order valence-corrected chi connectivity index (χ2v) is 5.30. The van der Waals surface area contributed by atoms with Crippen molar-refractivity contribution in [1.29, 1.82) is 0 Å². The average molecular weight is 345 g/mol. The lowest BCUT2D eigenvalue weighted by Crippen LogP contribution is -2.32. The van der Waals surface area contributed by atoms with Crippen molar-refractivity contribution in [3.8, 4) is 23.0 Å². The van der Waals surface area contributed by atoms with Crippen LogP contribution in [0.3, 0.4) is 0 Å². The number of nitrogens with one attached hydrogen (secondary N) is 1. The van der Waals surface area contributed by atoms with Crippen LogP contribution in [0.25, 0.3) is 0 Å². The average Bonchev–Trinajstić information content (AvgIpc) is 2.64. The Balaban J connectivity index is 1.73. The molecule has 1 N–H and O–H groups in total. The summed E-state index contributed by atoms with van der Waals surface area (Å²) < 4.78 is 21.4. The van der Waals surface area contributed by atoms with Gasteiger partial charge in [-0.15, -0.1) is 0 Å². The summed E-state index contributed by atoms with van der Waals surface area (Å²) in [5.74, 6) is 2.29. The van der Waals surface area contributed by atoms with E-state index in [9.17, 15) is 4.79 Å². The SMILES string of the molecule is COc1cc(OC)cc(OCC(=O)NCCOc2ccccc2C)c1. The van der Waals surface area contributed by atoms with E-state index in [1.807, 2.05) is 31.2 Å². The van der Waals surface area contributed by atoms with E-state index in [0.717, 1.165) is 11.3 Å². The van der Waals surface area contributed by atoms with E-state index in [4.69, 9.17) is 18.9 Å². The number of rotatable bonds is 9. The fourth-order valence-corrected chi connectivity index (χ4v) is 2.13. The highest BCUT2D eigenvalue weighted by Crippen LogP contribution is 2.27. The van der Waals surface area contributed by atoms with Gasteiger partial charge in [-0.1, -0.05) is 18.2 Å². The molecule has 2 aromatic rings. The number of carbonyl (C=O) groups is 1. The third kappa shape index (κ3) is 5.91. The molecular formula is C19H23NO5. The molecule has 0 aliphatic rings. The number of hydrogen-bond acceptors (Lipinski definition) is 5. The van der Waals surface area contributed by atoms with Gasteiger partial charge in [-0.2, -0.15) is 0 Å². The molecule has 0 fully saturated rings. The first-order valence-corrected chi connectivity index (χ1v) is 7.93. The van der Waals surface area contributed by atoms with Crippen LogP contribution in [-0.2, 0) is 4.79 Å². The maximum absolute atomic E-state index is 11.8. The standard InChI is InChI=1S/C19H23NO5/c1-14-6-4-5-7-18(14)24-9-8-20-19(21)13-25-17-11-15(22-2)10-16(12-17)23-3/h4-7,10-12H,8-9,13H2,1-3H3,(H,20,21). The summed E-state index contributed by atoms with van der Waals surface area (Å²) in [5, 5.41) is 2.75. The molecule has 0 atom stereocenters. The number of para-hydroxylation sites is 1. The Hall–Kier alpha value is -2.89. The van der Waals surface area contributed by atoms with Gasteiger partial charge in [0.1, 0.15) is 29.6 Å². The van der Waals surface area contributed by atoms with Crippen LogP contribution in [0.15, 0.2) is 42.5 Å². The van der Waals surface area contributed by atoms with Gasteiger partial charge >= 0.3 is 0 Å². The molecule has 0 saturated heterocycles. The van der Waals surface area contributed by atoms with E-state index in [2.05, 4.69) is 5.32 Å². The van der Waals surface area contributed by atoms with Gasteiger partial charge < -0.3 is 24.3 Å². The number of amides is 1. The number of hydrogen-bond donors (Lipinski definition) is 1. The monoisotopic (exact) mass is 345 g/mol. The van der Waals surface area contributed by atoms with Gasteiger partial charge in [0.25, 0.3) is 5.91 Å². The van der Waals surface area contributed by atoms with E-state index in [-0.39, 0.29) is 12.5 Å². The van der Waals surface area contributed by atoms with Crippen molar-refractivity contribution in [3.63, 3.8) is 0 Å². The third-order valence-corrected chi connectivity index (χ3v) is 3.47. The summed E-state index contributed by atoms with van der Waals surface area (Å²) in [6.45, 7) is 2.67. The van der Waals surface area contributed by atoms with Crippen molar-refractivity contribution < 1.29 is 23.7 Å². The van der Waals surface area contributed by atoms with Gasteiger partial charge in [0.15, 0.2) is 6.61 Å². The largest absolute Gasteiger partial charge is 0.496 e. The molecule has 25 heavy (non-hydrogen) atoms. The van der Waals surface area contributed by atoms with Crippen molar-refractivity contribution in [2.75, 3.05) is 34.0 Å². The lowest BCUT2D eigenvalue weighted by atomic mass is 10.2. The van der Waals surface area contributed by atoms with Gasteiger partial charge in [-0.3, -0.25) is 4.79 Å². The van der Waals surface area contributed by atoms with Crippen molar-refractivity contribution in [1.82, 2.24) is 5.32 Å². The number of carbonyl (C=O) groups excluding carboxylic acids is 1. The molecule has 0 spiro atoms. The normalized spacial score (nSPS) is 10.0. The molecule has 0 aliphatic heterocycles. The smallest absolute Gasteiger partial charge is 0.258 e. The van der Waals surface area contributed by atoms with Crippen LogP contribution < -0.4 is 24.3 Å². The Morgan fingerprint density at radius 2 is 1.60 bits per heavy atom. The summed E-state index contributed by atoms with van der Waals surface area (Å²) in [4.78, 5) is 11.8. The highest BCUT2D eigenvalue weighted by molar-refractivity contribution is 5.77. The van der Waals surface area contributed by atoms with Gasteiger partial charge in [-0.05, 0) is 18.6 Å². The molecule has 0 aromatic heterocycles. The van der Waals surface area contributed by atoms with E-state index in [1.165, 1.54) is 0 Å². The molecule has 6 nitrogen and oxygen atoms in total. The van der Waals surface area contributed by atoms with Gasteiger partial charge in [-0.25, -0.2) is 0 Å². The van der Waals surface area contributed by atoms with E-state index >= 15 is 0 Å². The fraction of sp³-hybridized carbons (Fsp3) is 0.316. The molecule has 0 bridgehead atoms. The minimum atomic E-state index is -0.227. The van der Waals surface area contributed by atoms with Crippen molar-refractivity contribution in [2.24, 2.45) is 0 Å². The summed E-state index contributed by atoms with van der Waals surface area (Å²) >= 11 is 0. The second kappa shape index (κ2) is 9.42. The van der Waals surface area contributed by atoms with E-state index in [0.29, 0.717) is 30.4 Å². The van der Waals surface area contributed by atoms with Crippen molar-refractivity contribution in [2.45, 2.75) is 6.92 Å². The Kier molecular flexibility index (Phi) is 6.95. The maximum Gasteiger partial charge on any atom is 0.258 e. The van der Waals surface area contributed by atoms with Crippen LogP contribution >= 0.6 is 0 Å². The van der Waals surface area contributed by atoms with Crippen LogP contribution in [0.1, 0.15) is 5.56 Å². The molecule has 0 aliphatic carbocycles. The zero-order valence-electron chi connectivity index (χ0n) is 14.7. The van der Waals surface area contributed by atoms with Crippen LogP contribution in [-0.4, -0.2) is 39.9 Å². The molecule has 134 valence electrons. The minimum Gasteiger partial charge on any atom is -0.496 e. The van der Waals surface area contributed by atoms with Gasteiger partial charge in [0, 0.05) is 18.2 Å². The first-order chi connectivity index (χ1) is 12.1. The zero-order valence-corrected chi connectivity index (χ0v) is 14.7. The van der Waals surface area contributed by atoms with Crippen LogP contribution in [0.2, 0.25) is 0 Å². The van der Waals surface area contributed by atoms with E-state index in [1.54, 1.807) is 32.4 Å². The second-order valence-electron chi connectivity index (χ2n) is 5.30. The predicted molar refractivity (Wildman–Crippen MR) is 94.7 cm³/mol. The molecule has 2 aromatic carbocycles. The number of methoxy groups -OCH3 is 2. The highest BCUT2D eigenvalue weighted by atomic mass is 16.5. The lowest BCUT2D eigenvalue weighted by Gasteiger charge is -2.11. The van der Waals surface area contributed by atoms with E-state index < -0.39 is 0 Å². The third-order valence-electron chi connectivity index (χ3n) is 3.47. The number of benzene rings is 2. The van der Waals surface area contributed by atoms with Gasteiger partial charge in [0.2, 0.25) is 0 Å². The topological polar surface area (TPSA) is 66.0 Å². The summed E-state index contributed by atoms with van der Waals surface area (Å²) in [6, 6.07) is 12.9. The van der Waals surface area contributed by atoms with Crippen LogP contribution in [0.5, 0.6) is 23.0 Å². The lowest BCUT2D eigenvalue weighted by molar-refractivity contribution is -0.123. The van der Waals surface area contributed by atoms with Crippen LogP contribution in [0, 0.1) is 6.92 Å². The first-order valence-electron chi connectivity index (χ1n) is 7.93. The Labute approximate surface area is 147 Å². The Bertz CT molecular complexity index is 680. The molecule has 6 heteroatoms. The minimum absolute atomic E-state index is 0.0965. The predicted octanol–water partition coefficient (Wildman–Crippen LogP) is 2.59. The number of aryl methyl sites for hydroxylation is 1. The Morgan fingerprint density at radius 3 is 2.24 bits per heavy atom. The fourth-order valence-electron chi connectivity index (χ4n) is 2.13. The number of ether oxygens (including phenoxy) is 4. The quantitative estimate of drug-likeness (QED) is 0.708. The van der Waals surface area contributed by atoms with Crippen molar-refractivity contribution in [3.05, 3.63) is 48.0 Å². The van der Waals surface area contributed by atoms with Crippen molar-refractivity contribution >= 4 is 5.91 Å². The summed E-state index contributed by atoms with van der Waals surface area (Å²) in [5.41, 5.74) is 1.06. The summed E-state index contributed by atoms with van der Waals surface area (Å²) in [6.07, 6.45) is 0. The highest BCUT2D eigenvalue weighted by Gasteiger charge is 2.06. The van der Waals surface area contributed by atoms with Gasteiger partial charge in [0.05, 0.1) is 20.8 Å². The molecule has 1 amide bonds. The zero-order chi connectivity index (χ0) is 18.1. The molecule has 0 radical (unpaired) electrons. The molecule has 0 saturated carbocycles. The molecular weight excluding hydrogens is 322 g/mol. The molecule has 0 unspecified atom stereocenters. The van der Waals surface area contributed by atoms with Crippen LogP contribution in [0.4, 0.5) is 0 Å².